The van der Waals surface area contributed by atoms with Gasteiger partial charge in [0.2, 0.25) is 0 Å². The fraction of sp³-hybridized carbons (Fsp3) is 0.846. The van der Waals surface area contributed by atoms with Crippen molar-refractivity contribution in [3.05, 3.63) is 0 Å². The second kappa shape index (κ2) is 4.77. The van der Waals surface area contributed by atoms with Gasteiger partial charge in [-0.2, -0.15) is 0 Å². The highest BCUT2D eigenvalue weighted by Gasteiger charge is 2.55. The third-order valence-corrected chi connectivity index (χ3v) is 4.08. The molecule has 1 saturated carbocycles. The van der Waals surface area contributed by atoms with Crippen LogP contribution >= 0.6 is 0 Å². The van der Waals surface area contributed by atoms with Crippen LogP contribution in [-0.2, 0) is 14.3 Å². The third kappa shape index (κ3) is 1.99. The number of nitrogens with zero attached hydrogens (tertiary/aromatic N) is 1. The second-order valence-corrected chi connectivity index (χ2v) is 5.08. The molecule has 1 aliphatic carbocycles. The highest BCUT2D eigenvalue weighted by atomic mass is 16.5. The van der Waals surface area contributed by atoms with Crippen LogP contribution < -0.4 is 0 Å². The van der Waals surface area contributed by atoms with E-state index in [-0.39, 0.29) is 17.7 Å². The Morgan fingerprint density at radius 3 is 2.94 bits per heavy atom. The summed E-state index contributed by atoms with van der Waals surface area (Å²) >= 11 is 0. The Bertz CT molecular complexity index is 329. The molecule has 0 spiro atoms. The lowest BCUT2D eigenvalue weighted by Crippen LogP contribution is -2.60. The molecule has 2 atom stereocenters. The van der Waals surface area contributed by atoms with Gasteiger partial charge >= 0.3 is 5.97 Å². The van der Waals surface area contributed by atoms with E-state index in [4.69, 9.17) is 4.74 Å². The molecule has 1 heterocycles. The van der Waals surface area contributed by atoms with Crippen LogP contribution in [0.3, 0.4) is 0 Å². The van der Waals surface area contributed by atoms with Crippen molar-refractivity contribution >= 4 is 11.8 Å². The van der Waals surface area contributed by atoms with Crippen molar-refractivity contribution in [3.63, 3.8) is 0 Å². The molecule has 1 saturated heterocycles. The molecule has 4 heteroatoms. The van der Waals surface area contributed by atoms with Crippen molar-refractivity contribution < 1.29 is 14.3 Å². The largest absolute Gasteiger partial charge is 0.465 e. The summed E-state index contributed by atoms with van der Waals surface area (Å²) in [5.41, 5.74) is -0.854. The summed E-state index contributed by atoms with van der Waals surface area (Å²) in [6, 6.07) is 0. The molecule has 0 radical (unpaired) electrons. The monoisotopic (exact) mass is 239 g/mol. The Kier molecular flexibility index (Phi) is 3.52. The van der Waals surface area contributed by atoms with Crippen LogP contribution in [0.5, 0.6) is 0 Å². The average molecular weight is 239 g/mol. The number of ketones is 1. The van der Waals surface area contributed by atoms with Gasteiger partial charge in [-0.1, -0.05) is 13.3 Å². The fourth-order valence-corrected chi connectivity index (χ4v) is 3.16. The molecular weight excluding hydrogens is 218 g/mol. The molecule has 0 aromatic rings. The smallest absolute Gasteiger partial charge is 0.320 e. The molecule has 0 aromatic heterocycles. The lowest BCUT2D eigenvalue weighted by atomic mass is 9.65. The SMILES string of the molecule is CCOC(=O)[C@]12CCC[C@H](CN(CC)C1)C2=O. The summed E-state index contributed by atoms with van der Waals surface area (Å²) in [5.74, 6) is -0.124. The summed E-state index contributed by atoms with van der Waals surface area (Å²) in [7, 11) is 0. The highest BCUT2D eigenvalue weighted by molar-refractivity contribution is 6.06. The minimum atomic E-state index is -0.854. The highest BCUT2D eigenvalue weighted by Crippen LogP contribution is 2.42. The van der Waals surface area contributed by atoms with Gasteiger partial charge in [0, 0.05) is 19.0 Å². The van der Waals surface area contributed by atoms with Crippen LogP contribution in [0, 0.1) is 11.3 Å². The summed E-state index contributed by atoms with van der Waals surface area (Å²) in [6.45, 7) is 6.48. The molecule has 2 fully saturated rings. The van der Waals surface area contributed by atoms with E-state index in [1.807, 2.05) is 0 Å². The lowest BCUT2D eigenvalue weighted by molar-refractivity contribution is -0.170. The molecule has 2 aliphatic rings. The van der Waals surface area contributed by atoms with E-state index in [0.717, 1.165) is 25.9 Å². The maximum Gasteiger partial charge on any atom is 0.320 e. The summed E-state index contributed by atoms with van der Waals surface area (Å²) in [6.07, 6.45) is 2.56. The van der Waals surface area contributed by atoms with E-state index in [0.29, 0.717) is 19.6 Å². The predicted octanol–water partition coefficient (Wildman–Crippen LogP) is 1.24. The van der Waals surface area contributed by atoms with Gasteiger partial charge in [0.1, 0.15) is 5.41 Å². The van der Waals surface area contributed by atoms with Crippen LogP contribution in [0.4, 0.5) is 0 Å². The Balaban J connectivity index is 2.26. The first kappa shape index (κ1) is 12.6. The molecule has 17 heavy (non-hydrogen) atoms. The van der Waals surface area contributed by atoms with E-state index in [1.165, 1.54) is 0 Å². The van der Waals surface area contributed by atoms with Crippen LogP contribution in [0.25, 0.3) is 0 Å². The minimum Gasteiger partial charge on any atom is -0.465 e. The fourth-order valence-electron chi connectivity index (χ4n) is 3.16. The van der Waals surface area contributed by atoms with E-state index in [1.54, 1.807) is 6.92 Å². The Labute approximate surface area is 102 Å². The maximum absolute atomic E-state index is 12.4. The van der Waals surface area contributed by atoms with E-state index >= 15 is 0 Å². The number of ether oxygens (including phenoxy) is 1. The lowest BCUT2D eigenvalue weighted by Gasteiger charge is -2.46. The zero-order valence-electron chi connectivity index (χ0n) is 10.7. The van der Waals surface area contributed by atoms with Gasteiger partial charge in [-0.15, -0.1) is 0 Å². The molecule has 2 rings (SSSR count). The zero-order chi connectivity index (χ0) is 12.5. The van der Waals surface area contributed by atoms with Gasteiger partial charge < -0.3 is 9.64 Å². The molecule has 0 unspecified atom stereocenters. The molecule has 4 nitrogen and oxygen atoms in total. The Morgan fingerprint density at radius 2 is 2.29 bits per heavy atom. The Morgan fingerprint density at radius 1 is 1.53 bits per heavy atom. The van der Waals surface area contributed by atoms with Gasteiger partial charge in [-0.3, -0.25) is 9.59 Å². The number of likely N-dealkylation sites (tertiary alicyclic amines) is 1. The predicted molar refractivity (Wildman–Crippen MR) is 63.5 cm³/mol. The topological polar surface area (TPSA) is 46.6 Å². The summed E-state index contributed by atoms with van der Waals surface area (Å²) in [5, 5.41) is 0. The molecular formula is C13H21NO3. The van der Waals surface area contributed by atoms with Crippen molar-refractivity contribution in [2.45, 2.75) is 33.1 Å². The van der Waals surface area contributed by atoms with Crippen molar-refractivity contribution in [1.29, 1.82) is 0 Å². The molecule has 2 bridgehead atoms. The summed E-state index contributed by atoms with van der Waals surface area (Å²) < 4.78 is 5.13. The van der Waals surface area contributed by atoms with Crippen molar-refractivity contribution in [2.24, 2.45) is 11.3 Å². The number of carbonyl (C=O) groups excluding carboxylic acids is 2. The van der Waals surface area contributed by atoms with E-state index < -0.39 is 5.41 Å². The standard InChI is InChI=1S/C13H21NO3/c1-3-14-8-10-6-5-7-13(9-14,11(10)15)12(16)17-4-2/h10H,3-9H2,1-2H3/t10-,13-/m1/s1. The Hall–Kier alpha value is -0.900. The number of hydrogen-bond donors (Lipinski definition) is 0. The van der Waals surface area contributed by atoms with Crippen LogP contribution in [0.15, 0.2) is 0 Å². The van der Waals surface area contributed by atoms with Crippen LogP contribution in [0.2, 0.25) is 0 Å². The first-order chi connectivity index (χ1) is 8.14. The summed E-state index contributed by atoms with van der Waals surface area (Å²) in [4.78, 5) is 26.7. The first-order valence-corrected chi connectivity index (χ1v) is 6.58. The van der Waals surface area contributed by atoms with Crippen molar-refractivity contribution in [2.75, 3.05) is 26.2 Å². The number of Topliss-reactive ketones (excluding diaryl/α,β-unsaturated/α-hetero) is 1. The number of carbonyl (C=O) groups is 2. The van der Waals surface area contributed by atoms with Gasteiger partial charge in [0.25, 0.3) is 0 Å². The second-order valence-electron chi connectivity index (χ2n) is 5.08. The molecule has 0 N–H and O–H groups in total. The zero-order valence-corrected chi connectivity index (χ0v) is 10.7. The van der Waals surface area contributed by atoms with Gasteiger partial charge in [-0.05, 0) is 26.3 Å². The molecule has 0 amide bonds. The van der Waals surface area contributed by atoms with E-state index in [2.05, 4.69) is 11.8 Å². The van der Waals surface area contributed by atoms with Crippen molar-refractivity contribution in [1.82, 2.24) is 4.90 Å². The van der Waals surface area contributed by atoms with Gasteiger partial charge in [0.05, 0.1) is 6.61 Å². The van der Waals surface area contributed by atoms with Crippen LogP contribution in [0.1, 0.15) is 33.1 Å². The number of rotatable bonds is 3. The first-order valence-electron chi connectivity index (χ1n) is 6.58. The molecule has 1 aliphatic heterocycles. The molecule has 96 valence electrons. The third-order valence-electron chi connectivity index (χ3n) is 4.08. The normalized spacial score (nSPS) is 33.5. The number of fused-ring (bicyclic) bond motifs is 2. The van der Waals surface area contributed by atoms with Crippen LogP contribution in [-0.4, -0.2) is 42.9 Å². The quantitative estimate of drug-likeness (QED) is 0.549. The molecule has 0 aromatic carbocycles. The average Bonchev–Trinajstić information content (AvgIpc) is 2.29. The maximum atomic E-state index is 12.4. The van der Waals surface area contributed by atoms with Crippen molar-refractivity contribution in [3.8, 4) is 0 Å². The van der Waals surface area contributed by atoms with Gasteiger partial charge in [0.15, 0.2) is 5.78 Å². The number of piperidine rings is 1. The number of hydrogen-bond acceptors (Lipinski definition) is 4. The minimum absolute atomic E-state index is 0.0434. The van der Waals surface area contributed by atoms with Gasteiger partial charge in [-0.25, -0.2) is 0 Å². The number of esters is 1. The van der Waals surface area contributed by atoms with E-state index in [9.17, 15) is 9.59 Å².